The highest BCUT2D eigenvalue weighted by molar-refractivity contribution is 9.10. The van der Waals surface area contributed by atoms with Crippen LogP contribution in [0.1, 0.15) is 10.4 Å². The Bertz CT molecular complexity index is 690. The van der Waals surface area contributed by atoms with Gasteiger partial charge in [0, 0.05) is 8.95 Å². The van der Waals surface area contributed by atoms with Gasteiger partial charge in [-0.05, 0) is 30.3 Å². The van der Waals surface area contributed by atoms with Crippen LogP contribution in [0.5, 0.6) is 11.5 Å². The molecule has 20 heavy (non-hydrogen) atoms. The number of rotatable bonds is 3. The molecule has 2 aromatic rings. The predicted octanol–water partition coefficient (Wildman–Crippen LogP) is 4.98. The van der Waals surface area contributed by atoms with Gasteiger partial charge in [-0.1, -0.05) is 31.9 Å². The molecule has 3 nitrogen and oxygen atoms in total. The highest BCUT2D eigenvalue weighted by Gasteiger charge is 2.17. The molecule has 2 aromatic carbocycles. The lowest BCUT2D eigenvalue weighted by atomic mass is 10.2. The molecule has 0 fully saturated rings. The van der Waals surface area contributed by atoms with E-state index in [-0.39, 0.29) is 15.8 Å². The first-order valence-corrected chi connectivity index (χ1v) is 6.82. The Hall–Kier alpha value is -1.47. The highest BCUT2D eigenvalue weighted by Crippen LogP contribution is 2.32. The van der Waals surface area contributed by atoms with Gasteiger partial charge in [-0.2, -0.15) is 4.39 Å². The van der Waals surface area contributed by atoms with Crippen molar-refractivity contribution in [2.75, 3.05) is 0 Å². The van der Waals surface area contributed by atoms with Crippen LogP contribution in [-0.2, 0) is 0 Å². The van der Waals surface area contributed by atoms with Crippen molar-refractivity contribution in [2.45, 2.75) is 0 Å². The number of carboxylic acid groups (broad SMARTS) is 1. The van der Waals surface area contributed by atoms with E-state index >= 15 is 0 Å². The van der Waals surface area contributed by atoms with Gasteiger partial charge >= 0.3 is 5.97 Å². The van der Waals surface area contributed by atoms with Crippen molar-refractivity contribution >= 4 is 37.8 Å². The van der Waals surface area contributed by atoms with Gasteiger partial charge in [0.05, 0.1) is 0 Å². The van der Waals surface area contributed by atoms with Crippen molar-refractivity contribution in [1.29, 1.82) is 0 Å². The summed E-state index contributed by atoms with van der Waals surface area (Å²) in [6.45, 7) is 0. The molecule has 0 radical (unpaired) electrons. The Labute approximate surface area is 129 Å². The second kappa shape index (κ2) is 5.88. The third-order valence-corrected chi connectivity index (χ3v) is 3.30. The Kier molecular flexibility index (Phi) is 4.39. The van der Waals surface area contributed by atoms with E-state index in [1.54, 1.807) is 0 Å². The summed E-state index contributed by atoms with van der Waals surface area (Å²) in [4.78, 5) is 11.1. The SMILES string of the molecule is O=C(O)c1cc(Br)ccc1Oc1cc(Br)cc(F)c1F. The molecule has 0 unspecified atom stereocenters. The van der Waals surface area contributed by atoms with Gasteiger partial charge in [0.15, 0.2) is 11.6 Å². The van der Waals surface area contributed by atoms with E-state index < -0.39 is 23.4 Å². The van der Waals surface area contributed by atoms with E-state index in [1.807, 2.05) is 0 Å². The van der Waals surface area contributed by atoms with Crippen LogP contribution in [0.25, 0.3) is 0 Å². The third-order valence-electron chi connectivity index (χ3n) is 2.35. The van der Waals surface area contributed by atoms with Crippen LogP contribution >= 0.6 is 31.9 Å². The molecule has 0 saturated heterocycles. The molecule has 2 rings (SSSR count). The molecule has 0 bridgehead atoms. The van der Waals surface area contributed by atoms with E-state index in [0.29, 0.717) is 4.47 Å². The summed E-state index contributed by atoms with van der Waals surface area (Å²) in [5, 5.41) is 9.07. The van der Waals surface area contributed by atoms with Crippen molar-refractivity contribution < 1.29 is 23.4 Å². The first kappa shape index (κ1) is 14.9. The van der Waals surface area contributed by atoms with Crippen molar-refractivity contribution in [3.05, 3.63) is 56.5 Å². The largest absolute Gasteiger partial charge is 0.478 e. The number of ether oxygens (including phenoxy) is 1. The van der Waals surface area contributed by atoms with E-state index in [0.717, 1.165) is 6.07 Å². The predicted molar refractivity (Wildman–Crippen MR) is 75.2 cm³/mol. The summed E-state index contributed by atoms with van der Waals surface area (Å²) in [7, 11) is 0. The zero-order valence-electron chi connectivity index (χ0n) is 9.66. The van der Waals surface area contributed by atoms with Crippen LogP contribution in [0.4, 0.5) is 8.78 Å². The first-order chi connectivity index (χ1) is 9.38. The topological polar surface area (TPSA) is 46.5 Å². The molecule has 1 N–H and O–H groups in total. The molecule has 104 valence electrons. The van der Waals surface area contributed by atoms with Gasteiger partial charge in [-0.3, -0.25) is 0 Å². The summed E-state index contributed by atoms with van der Waals surface area (Å²) in [6.07, 6.45) is 0. The van der Waals surface area contributed by atoms with E-state index in [4.69, 9.17) is 9.84 Å². The first-order valence-electron chi connectivity index (χ1n) is 5.23. The Morgan fingerprint density at radius 2 is 1.75 bits per heavy atom. The normalized spacial score (nSPS) is 10.4. The van der Waals surface area contributed by atoms with Gasteiger partial charge in [-0.25, -0.2) is 9.18 Å². The molecule has 0 atom stereocenters. The van der Waals surface area contributed by atoms with Crippen LogP contribution in [0, 0.1) is 11.6 Å². The Morgan fingerprint density at radius 1 is 1.05 bits per heavy atom. The molecule has 0 amide bonds. The van der Waals surface area contributed by atoms with Crippen molar-refractivity contribution in [2.24, 2.45) is 0 Å². The molecule has 0 aromatic heterocycles. The smallest absolute Gasteiger partial charge is 0.339 e. The Balaban J connectivity index is 2.48. The lowest BCUT2D eigenvalue weighted by Crippen LogP contribution is -2.01. The monoisotopic (exact) mass is 406 g/mol. The summed E-state index contributed by atoms with van der Waals surface area (Å²) in [5.41, 5.74) is -0.167. The molecule has 0 heterocycles. The highest BCUT2D eigenvalue weighted by atomic mass is 79.9. The second-order valence-electron chi connectivity index (χ2n) is 3.75. The molecular weight excluding hydrogens is 402 g/mol. The minimum absolute atomic E-state index is 0.0860. The minimum atomic E-state index is -1.24. The summed E-state index contributed by atoms with van der Waals surface area (Å²) >= 11 is 6.14. The maximum absolute atomic E-state index is 13.6. The number of carbonyl (C=O) groups is 1. The van der Waals surface area contributed by atoms with Crippen LogP contribution in [0.2, 0.25) is 0 Å². The lowest BCUT2D eigenvalue weighted by molar-refractivity contribution is 0.0694. The quantitative estimate of drug-likeness (QED) is 0.730. The average Bonchev–Trinajstić information content (AvgIpc) is 2.37. The molecule has 0 aliphatic carbocycles. The van der Waals surface area contributed by atoms with Crippen molar-refractivity contribution in [3.8, 4) is 11.5 Å². The number of halogens is 4. The van der Waals surface area contributed by atoms with Gasteiger partial charge in [-0.15, -0.1) is 0 Å². The zero-order valence-corrected chi connectivity index (χ0v) is 12.8. The molecule has 0 spiro atoms. The number of hydrogen-bond donors (Lipinski definition) is 1. The van der Waals surface area contributed by atoms with Crippen LogP contribution < -0.4 is 4.74 Å². The van der Waals surface area contributed by atoms with Gasteiger partial charge in [0.1, 0.15) is 11.3 Å². The van der Waals surface area contributed by atoms with Crippen LogP contribution in [-0.4, -0.2) is 11.1 Å². The fraction of sp³-hybridized carbons (Fsp3) is 0. The molecule has 0 saturated carbocycles. The summed E-state index contributed by atoms with van der Waals surface area (Å²) in [5.74, 6) is -4.01. The minimum Gasteiger partial charge on any atom is -0.478 e. The lowest BCUT2D eigenvalue weighted by Gasteiger charge is -2.10. The molecule has 0 aliphatic rings. The maximum atomic E-state index is 13.6. The molecule has 0 aliphatic heterocycles. The molecule has 7 heteroatoms. The van der Waals surface area contributed by atoms with Crippen LogP contribution in [0.3, 0.4) is 0 Å². The fourth-order valence-corrected chi connectivity index (χ4v) is 2.25. The summed E-state index contributed by atoms with van der Waals surface area (Å²) < 4.78 is 32.8. The fourth-order valence-electron chi connectivity index (χ4n) is 1.48. The number of carboxylic acids is 1. The number of benzene rings is 2. The average molecular weight is 408 g/mol. The van der Waals surface area contributed by atoms with E-state index in [9.17, 15) is 13.6 Å². The van der Waals surface area contributed by atoms with E-state index in [2.05, 4.69) is 31.9 Å². The summed E-state index contributed by atoms with van der Waals surface area (Å²) in [6, 6.07) is 6.36. The zero-order chi connectivity index (χ0) is 14.9. The van der Waals surface area contributed by atoms with Gasteiger partial charge in [0.25, 0.3) is 0 Å². The van der Waals surface area contributed by atoms with Gasteiger partial charge < -0.3 is 9.84 Å². The second-order valence-corrected chi connectivity index (χ2v) is 5.58. The van der Waals surface area contributed by atoms with Crippen molar-refractivity contribution in [1.82, 2.24) is 0 Å². The van der Waals surface area contributed by atoms with Gasteiger partial charge in [0.2, 0.25) is 5.82 Å². The number of aromatic carboxylic acids is 1. The maximum Gasteiger partial charge on any atom is 0.339 e. The van der Waals surface area contributed by atoms with Crippen LogP contribution in [0.15, 0.2) is 39.3 Å². The van der Waals surface area contributed by atoms with Crippen molar-refractivity contribution in [3.63, 3.8) is 0 Å². The number of hydrogen-bond acceptors (Lipinski definition) is 2. The van der Waals surface area contributed by atoms with E-state index in [1.165, 1.54) is 24.3 Å². The Morgan fingerprint density at radius 3 is 2.40 bits per heavy atom. The standard InChI is InChI=1S/C13H6Br2F2O3/c14-6-1-2-10(8(3-6)13(18)19)20-11-5-7(15)4-9(16)12(11)17/h1-5H,(H,18,19). The molecular formula is C13H6Br2F2O3. The third kappa shape index (κ3) is 3.16.